The third kappa shape index (κ3) is 4.37. The van der Waals surface area contributed by atoms with Crippen LogP contribution in [0, 0.1) is 6.92 Å². The molecule has 0 amide bonds. The van der Waals surface area contributed by atoms with Crippen LogP contribution >= 0.6 is 15.9 Å². The number of likely N-dealkylation sites (N-methyl/N-ethyl adjacent to an activating group) is 1. The van der Waals surface area contributed by atoms with Gasteiger partial charge in [-0.3, -0.25) is 9.88 Å². The van der Waals surface area contributed by atoms with Gasteiger partial charge in [-0.05, 0) is 55.3 Å². The van der Waals surface area contributed by atoms with E-state index in [4.69, 9.17) is 5.73 Å². The van der Waals surface area contributed by atoms with E-state index >= 15 is 0 Å². The lowest BCUT2D eigenvalue weighted by Crippen LogP contribution is -2.32. The molecule has 2 N–H and O–H groups in total. The summed E-state index contributed by atoms with van der Waals surface area (Å²) in [6, 6.07) is 10.8. The molecule has 0 fully saturated rings. The fourth-order valence-corrected chi connectivity index (χ4v) is 2.70. The average molecular weight is 348 g/mol. The zero-order chi connectivity index (χ0) is 15.2. The number of hydrogen-bond acceptors (Lipinski definition) is 3. The molecule has 0 bridgehead atoms. The van der Waals surface area contributed by atoms with Gasteiger partial charge in [-0.1, -0.05) is 28.1 Å². The zero-order valence-electron chi connectivity index (χ0n) is 12.6. The van der Waals surface area contributed by atoms with Gasteiger partial charge >= 0.3 is 0 Å². The largest absolute Gasteiger partial charge is 0.329 e. The summed E-state index contributed by atoms with van der Waals surface area (Å²) in [6.45, 7) is 3.70. The SMILES string of the molecule is Cc1cc(C(CN)N(C)CCc2ccncc2)ccc1Br. The molecule has 3 nitrogen and oxygen atoms in total. The van der Waals surface area contributed by atoms with Gasteiger partial charge in [0.1, 0.15) is 0 Å². The van der Waals surface area contributed by atoms with Crippen LogP contribution in [0.5, 0.6) is 0 Å². The number of benzene rings is 1. The summed E-state index contributed by atoms with van der Waals surface area (Å²) in [4.78, 5) is 6.37. The first-order chi connectivity index (χ1) is 10.1. The zero-order valence-corrected chi connectivity index (χ0v) is 14.2. The molecule has 1 atom stereocenters. The van der Waals surface area contributed by atoms with Gasteiger partial charge in [-0.15, -0.1) is 0 Å². The van der Waals surface area contributed by atoms with Gasteiger partial charge in [0.25, 0.3) is 0 Å². The van der Waals surface area contributed by atoms with E-state index in [0.29, 0.717) is 6.54 Å². The lowest BCUT2D eigenvalue weighted by atomic mass is 10.0. The van der Waals surface area contributed by atoms with E-state index in [-0.39, 0.29) is 6.04 Å². The molecule has 0 saturated carbocycles. The number of rotatable bonds is 6. The van der Waals surface area contributed by atoms with Gasteiger partial charge in [0, 0.05) is 36.0 Å². The van der Waals surface area contributed by atoms with Crippen molar-refractivity contribution in [3.63, 3.8) is 0 Å². The van der Waals surface area contributed by atoms with Crippen molar-refractivity contribution in [1.82, 2.24) is 9.88 Å². The van der Waals surface area contributed by atoms with Crippen molar-refractivity contribution in [2.75, 3.05) is 20.1 Å². The number of hydrogen-bond donors (Lipinski definition) is 1. The fraction of sp³-hybridized carbons (Fsp3) is 0.353. The number of halogens is 1. The van der Waals surface area contributed by atoms with Crippen LogP contribution in [0.2, 0.25) is 0 Å². The maximum absolute atomic E-state index is 6.00. The van der Waals surface area contributed by atoms with E-state index in [1.807, 2.05) is 12.4 Å². The Labute approximate surface area is 135 Å². The number of nitrogens with two attached hydrogens (primary N) is 1. The summed E-state index contributed by atoms with van der Waals surface area (Å²) in [6.07, 6.45) is 4.69. The predicted molar refractivity (Wildman–Crippen MR) is 91.2 cm³/mol. The van der Waals surface area contributed by atoms with Crippen LogP contribution in [0.1, 0.15) is 22.7 Å². The summed E-state index contributed by atoms with van der Waals surface area (Å²) in [5.74, 6) is 0. The van der Waals surface area contributed by atoms with E-state index in [1.165, 1.54) is 16.7 Å². The molecule has 1 heterocycles. The number of pyridine rings is 1. The summed E-state index contributed by atoms with van der Waals surface area (Å²) >= 11 is 3.55. The minimum atomic E-state index is 0.249. The molecule has 0 spiro atoms. The van der Waals surface area contributed by atoms with Gasteiger partial charge in [0.15, 0.2) is 0 Å². The Hall–Kier alpha value is -1.23. The highest BCUT2D eigenvalue weighted by atomic mass is 79.9. The van der Waals surface area contributed by atoms with Crippen LogP contribution in [0.3, 0.4) is 0 Å². The van der Waals surface area contributed by atoms with Crippen LogP contribution in [-0.2, 0) is 6.42 Å². The molecule has 2 aromatic rings. The normalized spacial score (nSPS) is 12.6. The number of aryl methyl sites for hydroxylation is 1. The Bertz CT molecular complexity index is 572. The highest BCUT2D eigenvalue weighted by molar-refractivity contribution is 9.10. The Kier molecular flexibility index (Phi) is 5.91. The number of aromatic nitrogens is 1. The molecule has 112 valence electrons. The van der Waals surface area contributed by atoms with E-state index in [9.17, 15) is 0 Å². The minimum Gasteiger partial charge on any atom is -0.329 e. The summed E-state index contributed by atoms with van der Waals surface area (Å²) in [5, 5.41) is 0. The molecule has 4 heteroatoms. The molecule has 21 heavy (non-hydrogen) atoms. The van der Waals surface area contributed by atoms with Crippen molar-refractivity contribution < 1.29 is 0 Å². The summed E-state index contributed by atoms with van der Waals surface area (Å²) in [7, 11) is 2.14. The molecule has 0 saturated heterocycles. The standard InChI is InChI=1S/C17H22BrN3/c1-13-11-15(3-4-16(13)18)17(12-19)21(2)10-7-14-5-8-20-9-6-14/h3-6,8-9,11,17H,7,10,12,19H2,1-2H3. The Morgan fingerprint density at radius 1 is 1.24 bits per heavy atom. The molecule has 1 aromatic heterocycles. The Morgan fingerprint density at radius 3 is 2.57 bits per heavy atom. The highest BCUT2D eigenvalue weighted by Crippen LogP contribution is 2.24. The minimum absolute atomic E-state index is 0.249. The van der Waals surface area contributed by atoms with Crippen molar-refractivity contribution in [3.8, 4) is 0 Å². The Balaban J connectivity index is 2.04. The van der Waals surface area contributed by atoms with Crippen molar-refractivity contribution in [2.24, 2.45) is 5.73 Å². The van der Waals surface area contributed by atoms with Crippen LogP contribution in [0.15, 0.2) is 47.2 Å². The second-order valence-electron chi connectivity index (χ2n) is 5.35. The quantitative estimate of drug-likeness (QED) is 0.871. The lowest BCUT2D eigenvalue weighted by molar-refractivity contribution is 0.253. The molecule has 0 aliphatic rings. The van der Waals surface area contributed by atoms with Crippen molar-refractivity contribution in [3.05, 3.63) is 63.9 Å². The molecule has 1 unspecified atom stereocenters. The molecule has 2 rings (SSSR count). The van der Waals surface area contributed by atoms with E-state index in [0.717, 1.165) is 17.4 Å². The van der Waals surface area contributed by atoms with Crippen molar-refractivity contribution in [1.29, 1.82) is 0 Å². The van der Waals surface area contributed by atoms with Gasteiger partial charge < -0.3 is 5.73 Å². The first-order valence-electron chi connectivity index (χ1n) is 7.17. The topological polar surface area (TPSA) is 42.1 Å². The van der Waals surface area contributed by atoms with Crippen LogP contribution in [0.25, 0.3) is 0 Å². The third-order valence-electron chi connectivity index (χ3n) is 3.82. The molecular weight excluding hydrogens is 326 g/mol. The summed E-state index contributed by atoms with van der Waals surface area (Å²) in [5.41, 5.74) is 9.82. The first-order valence-corrected chi connectivity index (χ1v) is 7.96. The molecule has 0 aliphatic heterocycles. The fourth-order valence-electron chi connectivity index (χ4n) is 2.46. The maximum Gasteiger partial charge on any atom is 0.0467 e. The Morgan fingerprint density at radius 2 is 1.95 bits per heavy atom. The van der Waals surface area contributed by atoms with Crippen LogP contribution in [-0.4, -0.2) is 30.0 Å². The number of nitrogens with zero attached hydrogens (tertiary/aromatic N) is 2. The van der Waals surface area contributed by atoms with E-state index in [2.05, 4.69) is 70.1 Å². The predicted octanol–water partition coefficient (Wildman–Crippen LogP) is 3.33. The van der Waals surface area contributed by atoms with E-state index < -0.39 is 0 Å². The van der Waals surface area contributed by atoms with Crippen LogP contribution < -0.4 is 5.73 Å². The van der Waals surface area contributed by atoms with E-state index in [1.54, 1.807) is 0 Å². The average Bonchev–Trinajstić information content (AvgIpc) is 2.50. The highest BCUT2D eigenvalue weighted by Gasteiger charge is 2.15. The van der Waals surface area contributed by atoms with Gasteiger partial charge in [-0.25, -0.2) is 0 Å². The molecule has 0 radical (unpaired) electrons. The van der Waals surface area contributed by atoms with Crippen molar-refractivity contribution >= 4 is 15.9 Å². The monoisotopic (exact) mass is 347 g/mol. The molecular formula is C17H22BrN3. The lowest BCUT2D eigenvalue weighted by Gasteiger charge is -2.27. The smallest absolute Gasteiger partial charge is 0.0467 e. The molecule has 0 aliphatic carbocycles. The second-order valence-corrected chi connectivity index (χ2v) is 6.20. The second kappa shape index (κ2) is 7.69. The van der Waals surface area contributed by atoms with Gasteiger partial charge in [0.2, 0.25) is 0 Å². The van der Waals surface area contributed by atoms with Gasteiger partial charge in [0.05, 0.1) is 0 Å². The van der Waals surface area contributed by atoms with Gasteiger partial charge in [-0.2, -0.15) is 0 Å². The maximum atomic E-state index is 6.00. The van der Waals surface area contributed by atoms with Crippen molar-refractivity contribution in [2.45, 2.75) is 19.4 Å². The first kappa shape index (κ1) is 16.1. The molecule has 1 aromatic carbocycles. The third-order valence-corrected chi connectivity index (χ3v) is 4.71. The summed E-state index contributed by atoms with van der Waals surface area (Å²) < 4.78 is 1.14. The van der Waals surface area contributed by atoms with Crippen LogP contribution in [0.4, 0.5) is 0 Å².